The number of amides is 2. The van der Waals surface area contributed by atoms with Crippen molar-refractivity contribution in [1.29, 1.82) is 0 Å². The van der Waals surface area contributed by atoms with E-state index in [1.165, 1.54) is 42.7 Å². The summed E-state index contributed by atoms with van der Waals surface area (Å²) in [5.74, 6) is 1.23. The molecule has 6 heteroatoms. The number of rotatable bonds is 8. The third kappa shape index (κ3) is 5.43. The fourth-order valence-corrected chi connectivity index (χ4v) is 4.79. The molecule has 1 aliphatic carbocycles. The van der Waals surface area contributed by atoms with Crippen molar-refractivity contribution in [2.75, 3.05) is 18.2 Å². The Morgan fingerprint density at radius 2 is 1.50 bits per heavy atom. The van der Waals surface area contributed by atoms with E-state index in [2.05, 4.69) is 17.6 Å². The lowest BCUT2D eigenvalue weighted by molar-refractivity contribution is -0.117. The first-order valence-electron chi connectivity index (χ1n) is 12.6. The molecule has 0 atom stereocenters. The summed E-state index contributed by atoms with van der Waals surface area (Å²) in [6, 6.07) is 24.8. The first-order chi connectivity index (χ1) is 17.7. The minimum absolute atomic E-state index is 0.0595. The molecule has 0 spiro atoms. The Labute approximate surface area is 211 Å². The van der Waals surface area contributed by atoms with Gasteiger partial charge >= 0.3 is 0 Å². The second kappa shape index (κ2) is 11.1. The zero-order valence-electron chi connectivity index (χ0n) is 20.2. The second-order valence-corrected chi connectivity index (χ2v) is 9.11. The van der Waals surface area contributed by atoms with Crippen molar-refractivity contribution in [3.8, 4) is 11.5 Å². The Hall–Kier alpha value is -4.06. The average molecular weight is 483 g/mol. The molecule has 3 aromatic carbocycles. The van der Waals surface area contributed by atoms with E-state index in [0.717, 1.165) is 5.75 Å². The van der Waals surface area contributed by atoms with Gasteiger partial charge in [0.2, 0.25) is 0 Å². The number of hydrazine groups is 1. The highest BCUT2D eigenvalue weighted by Gasteiger charge is 2.34. The van der Waals surface area contributed by atoms with Gasteiger partial charge in [-0.1, -0.05) is 67.8 Å². The van der Waals surface area contributed by atoms with Gasteiger partial charge in [0.15, 0.2) is 0 Å². The van der Waals surface area contributed by atoms with Crippen LogP contribution in [0.15, 0.2) is 84.4 Å². The molecule has 2 fully saturated rings. The molecule has 36 heavy (non-hydrogen) atoms. The maximum Gasteiger partial charge on any atom is 0.282 e. The first-order valence-corrected chi connectivity index (χ1v) is 12.6. The third-order valence-corrected chi connectivity index (χ3v) is 6.69. The number of nitrogens with one attached hydrogen (secondary N) is 1. The topological polar surface area (TPSA) is 67.9 Å². The Morgan fingerprint density at radius 3 is 2.28 bits per heavy atom. The molecule has 0 bridgehead atoms. The van der Waals surface area contributed by atoms with Crippen molar-refractivity contribution in [2.45, 2.75) is 38.0 Å². The number of nitrogens with zero attached hydrogens (tertiary/aromatic N) is 1. The first kappa shape index (κ1) is 23.7. The number of benzene rings is 3. The van der Waals surface area contributed by atoms with Gasteiger partial charge in [0.25, 0.3) is 11.8 Å². The molecule has 0 aromatic heterocycles. The molecule has 1 heterocycles. The summed E-state index contributed by atoms with van der Waals surface area (Å²) in [6.45, 7) is 0.718. The summed E-state index contributed by atoms with van der Waals surface area (Å²) >= 11 is 0. The minimum Gasteiger partial charge on any atom is -0.490 e. The SMILES string of the molecule is O=C1NN(c2ccccc2)C(=O)/C1=C/c1ccccc1OCCOc1ccc(C2CCCCC2)cc1. The Bertz CT molecular complexity index is 1230. The van der Waals surface area contributed by atoms with Gasteiger partial charge in [-0.15, -0.1) is 0 Å². The van der Waals surface area contributed by atoms with Crippen LogP contribution in [0.25, 0.3) is 6.08 Å². The van der Waals surface area contributed by atoms with Gasteiger partial charge in [-0.3, -0.25) is 15.0 Å². The monoisotopic (exact) mass is 482 g/mol. The molecule has 1 N–H and O–H groups in total. The van der Waals surface area contributed by atoms with Crippen LogP contribution in [0.1, 0.15) is 49.1 Å². The number of carbonyl (C=O) groups excluding carboxylic acids is 2. The van der Waals surface area contributed by atoms with E-state index in [0.29, 0.717) is 36.1 Å². The Balaban J connectivity index is 1.19. The molecule has 6 nitrogen and oxygen atoms in total. The molecule has 3 aromatic rings. The predicted octanol–water partition coefficient (Wildman–Crippen LogP) is 5.65. The summed E-state index contributed by atoms with van der Waals surface area (Å²) in [4.78, 5) is 25.4. The van der Waals surface area contributed by atoms with Crippen molar-refractivity contribution in [1.82, 2.24) is 5.43 Å². The molecular weight excluding hydrogens is 452 g/mol. The highest BCUT2D eigenvalue weighted by molar-refractivity contribution is 6.31. The molecule has 0 radical (unpaired) electrons. The van der Waals surface area contributed by atoms with Crippen LogP contribution in [-0.2, 0) is 9.59 Å². The van der Waals surface area contributed by atoms with E-state index < -0.39 is 11.8 Å². The van der Waals surface area contributed by atoms with Crippen molar-refractivity contribution in [3.63, 3.8) is 0 Å². The van der Waals surface area contributed by atoms with Gasteiger partial charge < -0.3 is 9.47 Å². The Morgan fingerprint density at radius 1 is 0.806 bits per heavy atom. The zero-order chi connectivity index (χ0) is 24.7. The van der Waals surface area contributed by atoms with Gasteiger partial charge in [0.05, 0.1) is 5.69 Å². The average Bonchev–Trinajstić information content (AvgIpc) is 3.21. The Kier molecular flexibility index (Phi) is 7.31. The molecular formula is C30H30N2O4. The van der Waals surface area contributed by atoms with Crippen LogP contribution in [-0.4, -0.2) is 25.0 Å². The molecule has 1 saturated heterocycles. The van der Waals surface area contributed by atoms with Crippen molar-refractivity contribution < 1.29 is 19.1 Å². The predicted molar refractivity (Wildman–Crippen MR) is 140 cm³/mol. The highest BCUT2D eigenvalue weighted by atomic mass is 16.5. The van der Waals surface area contributed by atoms with E-state index in [1.54, 1.807) is 18.2 Å². The molecule has 2 aliphatic rings. The highest BCUT2D eigenvalue weighted by Crippen LogP contribution is 2.33. The van der Waals surface area contributed by atoms with Crippen LogP contribution >= 0.6 is 0 Å². The van der Waals surface area contributed by atoms with E-state index in [-0.39, 0.29) is 5.57 Å². The normalized spacial score (nSPS) is 17.3. The smallest absolute Gasteiger partial charge is 0.282 e. The molecule has 1 aliphatic heterocycles. The third-order valence-electron chi connectivity index (χ3n) is 6.69. The molecule has 1 saturated carbocycles. The standard InChI is InChI=1S/C30H30N2O4/c33-29-27(30(34)32(31-29)25-12-5-2-6-13-25)21-24-11-7-8-14-28(24)36-20-19-35-26-17-15-23(16-18-26)22-9-3-1-4-10-22/h2,5-8,11-18,21-22H,1,3-4,9-10,19-20H2,(H,31,33)/b27-21+. The molecule has 5 rings (SSSR count). The van der Waals surface area contributed by atoms with Crippen molar-refractivity contribution in [2.24, 2.45) is 0 Å². The lowest BCUT2D eigenvalue weighted by atomic mass is 9.84. The summed E-state index contributed by atoms with van der Waals surface area (Å²) in [5, 5.41) is 1.25. The summed E-state index contributed by atoms with van der Waals surface area (Å²) in [7, 11) is 0. The van der Waals surface area contributed by atoms with Gasteiger partial charge in [-0.2, -0.15) is 0 Å². The molecule has 184 valence electrons. The zero-order valence-corrected chi connectivity index (χ0v) is 20.2. The molecule has 2 amide bonds. The number of anilines is 1. The van der Waals surface area contributed by atoms with E-state index in [4.69, 9.17) is 9.47 Å². The number of ether oxygens (including phenoxy) is 2. The largest absolute Gasteiger partial charge is 0.490 e. The van der Waals surface area contributed by atoms with Gasteiger partial charge in [-0.25, -0.2) is 5.01 Å². The van der Waals surface area contributed by atoms with Crippen LogP contribution in [0.4, 0.5) is 5.69 Å². The summed E-state index contributed by atoms with van der Waals surface area (Å²) in [5.41, 5.74) is 5.34. The summed E-state index contributed by atoms with van der Waals surface area (Å²) in [6.07, 6.45) is 8.13. The van der Waals surface area contributed by atoms with Crippen molar-refractivity contribution in [3.05, 3.63) is 95.6 Å². The van der Waals surface area contributed by atoms with E-state index in [1.807, 2.05) is 54.6 Å². The fourth-order valence-electron chi connectivity index (χ4n) is 4.79. The van der Waals surface area contributed by atoms with Gasteiger partial charge in [0.1, 0.15) is 30.3 Å². The van der Waals surface area contributed by atoms with Crippen LogP contribution in [0.3, 0.4) is 0 Å². The summed E-state index contributed by atoms with van der Waals surface area (Å²) < 4.78 is 11.8. The van der Waals surface area contributed by atoms with E-state index >= 15 is 0 Å². The fraction of sp³-hybridized carbons (Fsp3) is 0.267. The van der Waals surface area contributed by atoms with Crippen LogP contribution in [0.5, 0.6) is 11.5 Å². The quantitative estimate of drug-likeness (QED) is 0.256. The lowest BCUT2D eigenvalue weighted by Gasteiger charge is -2.22. The van der Waals surface area contributed by atoms with Crippen LogP contribution in [0, 0.1) is 0 Å². The van der Waals surface area contributed by atoms with Crippen LogP contribution in [0.2, 0.25) is 0 Å². The number of para-hydroxylation sites is 2. The number of hydrogen-bond acceptors (Lipinski definition) is 4. The lowest BCUT2D eigenvalue weighted by Crippen LogP contribution is -2.35. The van der Waals surface area contributed by atoms with E-state index in [9.17, 15) is 9.59 Å². The molecule has 0 unspecified atom stereocenters. The maximum absolute atomic E-state index is 12.9. The van der Waals surface area contributed by atoms with Gasteiger partial charge in [0, 0.05) is 5.56 Å². The van der Waals surface area contributed by atoms with Crippen molar-refractivity contribution >= 4 is 23.6 Å². The van der Waals surface area contributed by atoms with Gasteiger partial charge in [-0.05, 0) is 60.7 Å². The number of carbonyl (C=O) groups is 2. The maximum atomic E-state index is 12.9. The second-order valence-electron chi connectivity index (χ2n) is 9.11. The minimum atomic E-state index is -0.446. The number of hydrogen-bond donors (Lipinski definition) is 1. The van der Waals surface area contributed by atoms with Crippen LogP contribution < -0.4 is 19.9 Å².